The maximum absolute atomic E-state index is 13.8. The minimum absolute atomic E-state index is 0.0360. The molecule has 0 aliphatic carbocycles. The number of hydrogen-bond donors (Lipinski definition) is 1. The highest BCUT2D eigenvalue weighted by Gasteiger charge is 2.24. The lowest BCUT2D eigenvalue weighted by atomic mass is 10.1. The Morgan fingerprint density at radius 1 is 1.47 bits per heavy atom. The molecule has 1 aromatic heterocycles. The molecule has 0 unspecified atom stereocenters. The third kappa shape index (κ3) is 2.53. The molecule has 2 rings (SSSR count). The lowest BCUT2D eigenvalue weighted by molar-refractivity contribution is 0.0661. The van der Waals surface area contributed by atoms with Gasteiger partial charge in [0.05, 0.1) is 11.3 Å². The number of carboxylic acid groups (broad SMARTS) is 1. The predicted octanol–water partition coefficient (Wildman–Crippen LogP) is 4.06. The quantitative estimate of drug-likeness (QED) is 0.923. The number of nitrogens with zero attached hydrogens (tertiary/aromatic N) is 1. The minimum Gasteiger partial charge on any atom is -0.475 e. The van der Waals surface area contributed by atoms with Gasteiger partial charge < -0.3 is 9.52 Å². The molecule has 6 heteroatoms. The highest BCUT2D eigenvalue weighted by Crippen LogP contribution is 2.33. The molecule has 2 aromatic rings. The predicted molar refractivity (Wildman–Crippen MR) is 70.6 cm³/mol. The maximum atomic E-state index is 13.8. The van der Waals surface area contributed by atoms with Gasteiger partial charge in [-0.1, -0.05) is 19.9 Å². The first kappa shape index (κ1) is 13.7. The Balaban J connectivity index is 2.64. The summed E-state index contributed by atoms with van der Waals surface area (Å²) >= 11 is 3.20. The van der Waals surface area contributed by atoms with Crippen LogP contribution in [0.3, 0.4) is 0 Å². The van der Waals surface area contributed by atoms with Crippen LogP contribution < -0.4 is 0 Å². The fourth-order valence-corrected chi connectivity index (χ4v) is 2.20. The van der Waals surface area contributed by atoms with Crippen molar-refractivity contribution in [2.75, 3.05) is 0 Å². The van der Waals surface area contributed by atoms with E-state index in [0.717, 1.165) is 0 Å². The van der Waals surface area contributed by atoms with Gasteiger partial charge in [0.15, 0.2) is 0 Å². The van der Waals surface area contributed by atoms with Crippen LogP contribution in [0.4, 0.5) is 4.39 Å². The molecule has 0 aliphatic heterocycles. The van der Waals surface area contributed by atoms with Gasteiger partial charge in [0.25, 0.3) is 0 Å². The summed E-state index contributed by atoms with van der Waals surface area (Å²) in [7, 11) is 0. The van der Waals surface area contributed by atoms with E-state index >= 15 is 0 Å². The Morgan fingerprint density at radius 2 is 2.16 bits per heavy atom. The summed E-state index contributed by atoms with van der Waals surface area (Å²) in [5.41, 5.74) is 0.426. The number of aromatic nitrogens is 1. The third-order valence-corrected chi connectivity index (χ3v) is 3.23. The number of oxazole rings is 1. The van der Waals surface area contributed by atoms with Gasteiger partial charge in [0, 0.05) is 4.47 Å². The van der Waals surface area contributed by atoms with E-state index in [2.05, 4.69) is 20.9 Å². The van der Waals surface area contributed by atoms with Gasteiger partial charge >= 0.3 is 5.97 Å². The van der Waals surface area contributed by atoms with Crippen molar-refractivity contribution in [1.82, 2.24) is 4.98 Å². The molecular formula is C13H11BrFNO3. The summed E-state index contributed by atoms with van der Waals surface area (Å²) in [6.45, 7) is 3.59. The Hall–Kier alpha value is -1.69. The second-order valence-corrected chi connectivity index (χ2v) is 5.14. The summed E-state index contributed by atoms with van der Waals surface area (Å²) in [4.78, 5) is 15.2. The van der Waals surface area contributed by atoms with E-state index in [0.29, 0.717) is 10.2 Å². The monoisotopic (exact) mass is 327 g/mol. The number of carbonyl (C=O) groups is 1. The number of hydrogen-bond acceptors (Lipinski definition) is 3. The molecule has 0 amide bonds. The molecule has 0 fully saturated rings. The largest absolute Gasteiger partial charge is 0.475 e. The molecule has 0 bridgehead atoms. The molecule has 19 heavy (non-hydrogen) atoms. The van der Waals surface area contributed by atoms with Gasteiger partial charge in [-0.3, -0.25) is 0 Å². The van der Waals surface area contributed by atoms with Gasteiger partial charge in [-0.25, -0.2) is 14.2 Å². The second-order valence-electron chi connectivity index (χ2n) is 4.29. The van der Waals surface area contributed by atoms with Crippen LogP contribution >= 0.6 is 15.9 Å². The Kier molecular flexibility index (Phi) is 3.71. The van der Waals surface area contributed by atoms with Gasteiger partial charge in [-0.15, -0.1) is 0 Å². The fraction of sp³-hybridized carbons (Fsp3) is 0.231. The van der Waals surface area contributed by atoms with Crippen LogP contribution in [0.2, 0.25) is 0 Å². The van der Waals surface area contributed by atoms with Crippen molar-refractivity contribution < 1.29 is 18.7 Å². The van der Waals surface area contributed by atoms with Crippen LogP contribution in [0, 0.1) is 5.82 Å². The first-order valence-electron chi connectivity index (χ1n) is 5.60. The van der Waals surface area contributed by atoms with Crippen LogP contribution in [0.5, 0.6) is 0 Å². The highest BCUT2D eigenvalue weighted by molar-refractivity contribution is 9.10. The van der Waals surface area contributed by atoms with E-state index in [4.69, 9.17) is 9.52 Å². The highest BCUT2D eigenvalue weighted by atomic mass is 79.9. The van der Waals surface area contributed by atoms with E-state index < -0.39 is 11.8 Å². The average molecular weight is 328 g/mol. The first-order chi connectivity index (χ1) is 8.91. The zero-order chi connectivity index (χ0) is 14.2. The normalized spacial score (nSPS) is 11.0. The maximum Gasteiger partial charge on any atom is 0.373 e. The van der Waals surface area contributed by atoms with E-state index in [1.165, 1.54) is 12.1 Å². The second kappa shape index (κ2) is 5.13. The molecule has 0 saturated carbocycles. The van der Waals surface area contributed by atoms with E-state index in [1.807, 2.05) is 0 Å². The van der Waals surface area contributed by atoms with Crippen LogP contribution in [0.15, 0.2) is 27.1 Å². The van der Waals surface area contributed by atoms with Gasteiger partial charge in [0.2, 0.25) is 11.7 Å². The van der Waals surface area contributed by atoms with Crippen LogP contribution in [0.25, 0.3) is 11.5 Å². The number of carboxylic acids is 1. The fourth-order valence-electron chi connectivity index (χ4n) is 1.69. The molecule has 1 heterocycles. The van der Waals surface area contributed by atoms with Crippen molar-refractivity contribution in [3.05, 3.63) is 39.9 Å². The number of halogens is 2. The lowest BCUT2D eigenvalue weighted by Gasteiger charge is -2.00. The zero-order valence-corrected chi connectivity index (χ0v) is 11.9. The third-order valence-electron chi connectivity index (χ3n) is 2.57. The average Bonchev–Trinajstić information content (AvgIpc) is 2.73. The molecular weight excluding hydrogens is 317 g/mol. The van der Waals surface area contributed by atoms with Crippen molar-refractivity contribution in [2.45, 2.75) is 19.8 Å². The SMILES string of the molecule is CC(C)c1nc(-c2c(F)cccc2Br)oc1C(=O)O. The van der Waals surface area contributed by atoms with Crippen molar-refractivity contribution in [1.29, 1.82) is 0 Å². The van der Waals surface area contributed by atoms with E-state index in [-0.39, 0.29) is 23.1 Å². The number of benzene rings is 1. The molecule has 100 valence electrons. The van der Waals surface area contributed by atoms with Gasteiger partial charge in [-0.05, 0) is 34.0 Å². The van der Waals surface area contributed by atoms with Gasteiger partial charge in [-0.2, -0.15) is 0 Å². The van der Waals surface area contributed by atoms with Crippen LogP contribution in [-0.2, 0) is 0 Å². The lowest BCUT2D eigenvalue weighted by Crippen LogP contribution is -2.01. The van der Waals surface area contributed by atoms with Crippen LogP contribution in [-0.4, -0.2) is 16.1 Å². The summed E-state index contributed by atoms with van der Waals surface area (Å²) < 4.78 is 19.5. The first-order valence-corrected chi connectivity index (χ1v) is 6.39. The molecule has 0 aliphatic rings. The summed E-state index contributed by atoms with van der Waals surface area (Å²) in [5.74, 6) is -2.15. The summed E-state index contributed by atoms with van der Waals surface area (Å²) in [5, 5.41) is 9.07. The van der Waals surface area contributed by atoms with E-state index in [1.54, 1.807) is 19.9 Å². The minimum atomic E-state index is -1.21. The molecule has 0 saturated heterocycles. The molecule has 1 N–H and O–H groups in total. The summed E-state index contributed by atoms with van der Waals surface area (Å²) in [6.07, 6.45) is 0. The molecule has 1 aromatic carbocycles. The zero-order valence-electron chi connectivity index (χ0n) is 10.3. The molecule has 0 radical (unpaired) electrons. The number of rotatable bonds is 3. The number of aromatic carboxylic acids is 1. The van der Waals surface area contributed by atoms with Crippen LogP contribution in [0.1, 0.15) is 36.0 Å². The smallest absolute Gasteiger partial charge is 0.373 e. The van der Waals surface area contributed by atoms with Crippen molar-refractivity contribution in [3.8, 4) is 11.5 Å². The van der Waals surface area contributed by atoms with E-state index in [9.17, 15) is 9.18 Å². The topological polar surface area (TPSA) is 63.3 Å². The Labute approximate surface area is 117 Å². The van der Waals surface area contributed by atoms with Crippen molar-refractivity contribution in [3.63, 3.8) is 0 Å². The summed E-state index contributed by atoms with van der Waals surface area (Å²) in [6, 6.07) is 4.44. The Morgan fingerprint density at radius 3 is 2.63 bits per heavy atom. The molecule has 4 nitrogen and oxygen atoms in total. The van der Waals surface area contributed by atoms with Crippen molar-refractivity contribution in [2.24, 2.45) is 0 Å². The molecule has 0 spiro atoms. The van der Waals surface area contributed by atoms with Gasteiger partial charge in [0.1, 0.15) is 5.82 Å². The van der Waals surface area contributed by atoms with Crippen molar-refractivity contribution >= 4 is 21.9 Å². The standard InChI is InChI=1S/C13H11BrFNO3/c1-6(2)10-11(13(17)18)19-12(16-10)9-7(14)4-3-5-8(9)15/h3-6H,1-2H3,(H,17,18). The Bertz CT molecular complexity index is 617. The molecule has 0 atom stereocenters.